The molecule has 0 saturated heterocycles. The predicted molar refractivity (Wildman–Crippen MR) is 362 cm³/mol. The Kier molecular flexibility index (Phi) is 67.7. The molecule has 0 aromatic rings. The van der Waals surface area contributed by atoms with Crippen LogP contribution in [0.3, 0.4) is 0 Å². The lowest BCUT2D eigenvalue weighted by Gasteiger charge is -2.18. The van der Waals surface area contributed by atoms with Gasteiger partial charge in [0.05, 0.1) is 6.42 Å². The number of allylic oxidation sites excluding steroid dienone is 15. The molecule has 0 aliphatic rings. The van der Waals surface area contributed by atoms with Gasteiger partial charge in [0.1, 0.15) is 13.2 Å². The van der Waals surface area contributed by atoms with E-state index in [1.54, 1.807) is 6.08 Å². The van der Waals surface area contributed by atoms with Crippen LogP contribution in [0.15, 0.2) is 97.2 Å². The Morgan fingerprint density at radius 3 is 0.880 bits per heavy atom. The minimum absolute atomic E-state index is 0.107. The molecule has 6 heteroatoms. The molecule has 0 aromatic carbocycles. The lowest BCUT2D eigenvalue weighted by Crippen LogP contribution is -2.30. The third-order valence-electron chi connectivity index (χ3n) is 15.6. The number of hydrogen-bond donors (Lipinski definition) is 0. The fraction of sp³-hybridized carbons (Fsp3) is 0.753. The second-order valence-corrected chi connectivity index (χ2v) is 23.8. The molecule has 0 radical (unpaired) electrons. The van der Waals surface area contributed by atoms with Crippen LogP contribution in [0.25, 0.3) is 0 Å². The van der Waals surface area contributed by atoms with Gasteiger partial charge in [0, 0.05) is 12.8 Å². The van der Waals surface area contributed by atoms with E-state index in [9.17, 15) is 14.4 Å². The van der Waals surface area contributed by atoms with Crippen LogP contribution in [-0.4, -0.2) is 37.2 Å². The van der Waals surface area contributed by atoms with E-state index < -0.39 is 12.1 Å². The zero-order chi connectivity index (χ0) is 59.9. The summed E-state index contributed by atoms with van der Waals surface area (Å²) in [6.07, 6.45) is 96.2. The fourth-order valence-corrected chi connectivity index (χ4v) is 10.3. The normalized spacial score (nSPS) is 12.7. The topological polar surface area (TPSA) is 78.9 Å². The van der Waals surface area contributed by atoms with E-state index in [0.29, 0.717) is 12.8 Å². The molecular formula is C77H134O6. The second-order valence-electron chi connectivity index (χ2n) is 23.8. The Morgan fingerprint density at radius 1 is 0.265 bits per heavy atom. The summed E-state index contributed by atoms with van der Waals surface area (Å²) in [6, 6.07) is 0. The number of ether oxygens (including phenoxy) is 3. The van der Waals surface area contributed by atoms with Crippen molar-refractivity contribution in [1.82, 2.24) is 0 Å². The first kappa shape index (κ1) is 79.3. The molecule has 6 nitrogen and oxygen atoms in total. The van der Waals surface area contributed by atoms with Gasteiger partial charge in [0.15, 0.2) is 6.10 Å². The Morgan fingerprint density at radius 2 is 0.518 bits per heavy atom. The summed E-state index contributed by atoms with van der Waals surface area (Å²) < 4.78 is 16.9. The number of rotatable bonds is 65. The van der Waals surface area contributed by atoms with E-state index in [2.05, 4.69) is 106 Å². The molecular weight excluding hydrogens is 1020 g/mol. The summed E-state index contributed by atoms with van der Waals surface area (Å²) in [6.45, 7) is 6.45. The van der Waals surface area contributed by atoms with E-state index in [4.69, 9.17) is 14.2 Å². The molecule has 0 aliphatic heterocycles. The molecule has 1 unspecified atom stereocenters. The molecule has 0 saturated carbocycles. The number of unbranched alkanes of at least 4 members (excludes halogenated alkanes) is 39. The number of carbonyl (C=O) groups excluding carboxylic acids is 3. The van der Waals surface area contributed by atoms with E-state index >= 15 is 0 Å². The highest BCUT2D eigenvalue weighted by molar-refractivity contribution is 5.72. The maximum absolute atomic E-state index is 12.9. The maximum atomic E-state index is 12.9. The molecule has 478 valence electrons. The summed E-state index contributed by atoms with van der Waals surface area (Å²) in [7, 11) is 0. The van der Waals surface area contributed by atoms with Crippen LogP contribution in [-0.2, 0) is 28.6 Å². The van der Waals surface area contributed by atoms with E-state index in [-0.39, 0.29) is 31.6 Å². The van der Waals surface area contributed by atoms with Crippen LogP contribution in [0.2, 0.25) is 0 Å². The van der Waals surface area contributed by atoms with Crippen molar-refractivity contribution in [3.63, 3.8) is 0 Å². The highest BCUT2D eigenvalue weighted by Gasteiger charge is 2.19. The zero-order valence-electron chi connectivity index (χ0n) is 54.9. The number of hydrogen-bond acceptors (Lipinski definition) is 6. The molecule has 0 fully saturated rings. The second kappa shape index (κ2) is 70.8. The van der Waals surface area contributed by atoms with Crippen molar-refractivity contribution in [1.29, 1.82) is 0 Å². The molecule has 83 heavy (non-hydrogen) atoms. The van der Waals surface area contributed by atoms with Gasteiger partial charge >= 0.3 is 17.9 Å². The van der Waals surface area contributed by atoms with Gasteiger partial charge in [-0.2, -0.15) is 0 Å². The van der Waals surface area contributed by atoms with Crippen molar-refractivity contribution in [3.8, 4) is 0 Å². The molecule has 0 amide bonds. The summed E-state index contributed by atoms with van der Waals surface area (Å²) in [5, 5.41) is 0. The molecule has 0 bridgehead atoms. The lowest BCUT2D eigenvalue weighted by atomic mass is 10.0. The van der Waals surface area contributed by atoms with Crippen molar-refractivity contribution in [3.05, 3.63) is 97.2 Å². The van der Waals surface area contributed by atoms with Crippen LogP contribution in [0.5, 0.6) is 0 Å². The first-order valence-electron chi connectivity index (χ1n) is 35.7. The van der Waals surface area contributed by atoms with Crippen molar-refractivity contribution in [2.45, 2.75) is 361 Å². The minimum Gasteiger partial charge on any atom is -0.462 e. The molecule has 1 atom stereocenters. The number of esters is 3. The van der Waals surface area contributed by atoms with Gasteiger partial charge in [-0.05, 0) is 103 Å². The maximum Gasteiger partial charge on any atom is 0.309 e. The van der Waals surface area contributed by atoms with Crippen LogP contribution in [0.4, 0.5) is 0 Å². The van der Waals surface area contributed by atoms with Crippen molar-refractivity contribution < 1.29 is 28.6 Å². The quantitative estimate of drug-likeness (QED) is 0.0261. The van der Waals surface area contributed by atoms with Crippen LogP contribution in [0.1, 0.15) is 355 Å². The van der Waals surface area contributed by atoms with Gasteiger partial charge in [-0.25, -0.2) is 0 Å². The Hall–Kier alpha value is -3.67. The SMILES string of the molecule is CC/C=C\C/C=C\C/C=C\C/C=C\C/C=C\CC(=O)OCC(COC(=O)CCCCCCCCCCCCCCCCCCCCC/C=C\CCCCCCCCCC)OC(=O)CCCCCCCCCCC/C=C\C/C=C\CCCCC. The standard InChI is InChI=1S/C77H134O6/c1-4-7-10-13-16-19-22-25-28-30-32-33-34-35-36-37-38-39-40-41-42-43-45-46-49-52-55-58-61-64-67-70-76(79)82-73-74(72-81-75(78)69-66-63-60-57-54-51-48-27-24-21-18-15-12-9-6-3)83-77(80)71-68-65-62-59-56-53-50-47-44-31-29-26-23-20-17-14-11-8-5-2/h9,12,17-18,20-21,26-27,29-30,32,48,54,57,63,66,74H,4-8,10-11,13-16,19,22-25,28,31,33-47,49-53,55-56,58-62,64-65,67-73H2,1-3H3/b12-9-,20-17-,21-18-,29-26-,32-30-,48-27-,57-54-,66-63-. The third kappa shape index (κ3) is 69.0. The summed E-state index contributed by atoms with van der Waals surface area (Å²) >= 11 is 0. The summed E-state index contributed by atoms with van der Waals surface area (Å²) in [5.74, 6) is -1.03. The van der Waals surface area contributed by atoms with E-state index in [1.807, 2.05) is 6.08 Å². The molecule has 0 aromatic heterocycles. The largest absolute Gasteiger partial charge is 0.462 e. The predicted octanol–water partition coefficient (Wildman–Crippen LogP) is 24.8. The van der Waals surface area contributed by atoms with Crippen molar-refractivity contribution in [2.24, 2.45) is 0 Å². The van der Waals surface area contributed by atoms with E-state index in [0.717, 1.165) is 77.0 Å². The molecule has 0 heterocycles. The van der Waals surface area contributed by atoms with Gasteiger partial charge in [0.25, 0.3) is 0 Å². The van der Waals surface area contributed by atoms with Crippen molar-refractivity contribution >= 4 is 17.9 Å². The smallest absolute Gasteiger partial charge is 0.309 e. The average molecular weight is 1160 g/mol. The zero-order valence-corrected chi connectivity index (χ0v) is 54.9. The van der Waals surface area contributed by atoms with Crippen LogP contribution < -0.4 is 0 Å². The lowest BCUT2D eigenvalue weighted by molar-refractivity contribution is -0.166. The summed E-state index contributed by atoms with van der Waals surface area (Å²) in [5.41, 5.74) is 0. The Balaban J connectivity index is 4.27. The highest BCUT2D eigenvalue weighted by Crippen LogP contribution is 2.18. The molecule has 0 spiro atoms. The average Bonchev–Trinajstić information content (AvgIpc) is 3.50. The molecule has 0 N–H and O–H groups in total. The van der Waals surface area contributed by atoms with Gasteiger partial charge in [-0.3, -0.25) is 14.4 Å². The van der Waals surface area contributed by atoms with Gasteiger partial charge in [0.2, 0.25) is 0 Å². The van der Waals surface area contributed by atoms with Crippen molar-refractivity contribution in [2.75, 3.05) is 13.2 Å². The third-order valence-corrected chi connectivity index (χ3v) is 15.6. The molecule has 0 aliphatic carbocycles. The van der Waals surface area contributed by atoms with Gasteiger partial charge in [-0.15, -0.1) is 0 Å². The number of carbonyl (C=O) groups is 3. The Labute approximate surface area is 515 Å². The molecule has 0 rings (SSSR count). The van der Waals surface area contributed by atoms with Crippen LogP contribution in [0, 0.1) is 0 Å². The van der Waals surface area contributed by atoms with Crippen LogP contribution >= 0.6 is 0 Å². The first-order valence-corrected chi connectivity index (χ1v) is 35.7. The first-order chi connectivity index (χ1) is 41.0. The van der Waals surface area contributed by atoms with Gasteiger partial charge in [-0.1, -0.05) is 330 Å². The monoisotopic (exact) mass is 1160 g/mol. The highest BCUT2D eigenvalue weighted by atomic mass is 16.6. The van der Waals surface area contributed by atoms with E-state index in [1.165, 1.54) is 238 Å². The Bertz CT molecular complexity index is 1610. The minimum atomic E-state index is -0.821. The van der Waals surface area contributed by atoms with Gasteiger partial charge < -0.3 is 14.2 Å². The fourth-order valence-electron chi connectivity index (χ4n) is 10.3. The summed E-state index contributed by atoms with van der Waals surface area (Å²) in [4.78, 5) is 38.3.